The van der Waals surface area contributed by atoms with Gasteiger partial charge in [0.15, 0.2) is 0 Å². The molecule has 0 bridgehead atoms. The summed E-state index contributed by atoms with van der Waals surface area (Å²) in [4.78, 5) is 11.8. The maximum absolute atomic E-state index is 12.4. The molecule has 0 aliphatic rings. The summed E-state index contributed by atoms with van der Waals surface area (Å²) in [5, 5.41) is 2.82. The molecule has 1 aromatic carbocycles. The highest BCUT2D eigenvalue weighted by Gasteiger charge is 2.15. The standard InChI is InChI=1S/C12H14ClF2NOS/c1-7(2)6-10(17)16-9-5-3-4-8(13)11(9)18-12(14)15/h3-5,7,12H,6H2,1-2H3,(H,16,17). The Morgan fingerprint density at radius 3 is 2.67 bits per heavy atom. The molecule has 0 saturated heterocycles. The second-order valence-electron chi connectivity index (χ2n) is 4.14. The average Bonchev–Trinajstić information content (AvgIpc) is 2.21. The maximum atomic E-state index is 12.4. The lowest BCUT2D eigenvalue weighted by Gasteiger charge is -2.12. The van der Waals surface area contributed by atoms with Gasteiger partial charge in [-0.3, -0.25) is 4.79 Å². The van der Waals surface area contributed by atoms with Crippen molar-refractivity contribution >= 4 is 35.0 Å². The highest BCUT2D eigenvalue weighted by molar-refractivity contribution is 7.99. The molecule has 0 atom stereocenters. The van der Waals surface area contributed by atoms with Crippen molar-refractivity contribution in [3.63, 3.8) is 0 Å². The molecule has 2 nitrogen and oxygen atoms in total. The number of benzene rings is 1. The fraction of sp³-hybridized carbons (Fsp3) is 0.417. The van der Waals surface area contributed by atoms with Crippen LogP contribution in [0.25, 0.3) is 0 Å². The molecule has 0 aromatic heterocycles. The van der Waals surface area contributed by atoms with Crippen LogP contribution in [0.4, 0.5) is 14.5 Å². The zero-order valence-electron chi connectivity index (χ0n) is 10.0. The van der Waals surface area contributed by atoms with E-state index in [0.717, 1.165) is 0 Å². The Balaban J connectivity index is 2.87. The van der Waals surface area contributed by atoms with Crippen molar-refractivity contribution in [3.8, 4) is 0 Å². The van der Waals surface area contributed by atoms with Gasteiger partial charge in [-0.05, 0) is 18.1 Å². The fourth-order valence-corrected chi connectivity index (χ4v) is 2.30. The molecule has 0 fully saturated rings. The quantitative estimate of drug-likeness (QED) is 0.801. The summed E-state index contributed by atoms with van der Waals surface area (Å²) < 4.78 is 24.8. The third-order valence-electron chi connectivity index (χ3n) is 2.04. The van der Waals surface area contributed by atoms with Crippen LogP contribution in [0.2, 0.25) is 5.02 Å². The van der Waals surface area contributed by atoms with E-state index in [2.05, 4.69) is 5.32 Å². The van der Waals surface area contributed by atoms with Gasteiger partial charge in [-0.1, -0.05) is 43.3 Å². The predicted molar refractivity (Wildman–Crippen MR) is 71.4 cm³/mol. The van der Waals surface area contributed by atoms with Crippen LogP contribution >= 0.6 is 23.4 Å². The van der Waals surface area contributed by atoms with Crippen molar-refractivity contribution in [1.29, 1.82) is 0 Å². The first-order valence-electron chi connectivity index (χ1n) is 5.43. The Morgan fingerprint density at radius 2 is 2.11 bits per heavy atom. The van der Waals surface area contributed by atoms with Gasteiger partial charge >= 0.3 is 0 Å². The molecule has 100 valence electrons. The van der Waals surface area contributed by atoms with Gasteiger partial charge in [-0.15, -0.1) is 0 Å². The summed E-state index contributed by atoms with van der Waals surface area (Å²) in [6.07, 6.45) is 0.339. The molecule has 1 rings (SSSR count). The van der Waals surface area contributed by atoms with Crippen molar-refractivity contribution < 1.29 is 13.6 Å². The largest absolute Gasteiger partial charge is 0.325 e. The van der Waals surface area contributed by atoms with Gasteiger partial charge in [0.05, 0.1) is 15.6 Å². The topological polar surface area (TPSA) is 29.1 Å². The number of carbonyl (C=O) groups excluding carboxylic acids is 1. The molecule has 0 saturated carbocycles. The number of carbonyl (C=O) groups is 1. The second kappa shape index (κ2) is 6.95. The summed E-state index contributed by atoms with van der Waals surface area (Å²) in [7, 11) is 0. The molecule has 0 radical (unpaired) electrons. The third kappa shape index (κ3) is 4.82. The van der Waals surface area contributed by atoms with Crippen molar-refractivity contribution in [3.05, 3.63) is 23.2 Å². The number of anilines is 1. The number of thioether (sulfide) groups is 1. The van der Waals surface area contributed by atoms with E-state index in [0.29, 0.717) is 23.9 Å². The average molecular weight is 294 g/mol. The highest BCUT2D eigenvalue weighted by atomic mass is 35.5. The first-order chi connectivity index (χ1) is 8.40. The van der Waals surface area contributed by atoms with E-state index in [9.17, 15) is 13.6 Å². The minimum Gasteiger partial charge on any atom is -0.325 e. The molecule has 0 spiro atoms. The van der Waals surface area contributed by atoms with E-state index < -0.39 is 5.76 Å². The van der Waals surface area contributed by atoms with Crippen LogP contribution in [0.1, 0.15) is 20.3 Å². The van der Waals surface area contributed by atoms with E-state index in [1.54, 1.807) is 12.1 Å². The van der Waals surface area contributed by atoms with Gasteiger partial charge < -0.3 is 5.32 Å². The Labute approximate surface area is 114 Å². The van der Waals surface area contributed by atoms with Crippen LogP contribution in [0.3, 0.4) is 0 Å². The van der Waals surface area contributed by atoms with Gasteiger partial charge in [0.25, 0.3) is 5.76 Å². The Kier molecular flexibility index (Phi) is 5.88. The van der Waals surface area contributed by atoms with Gasteiger partial charge in [0, 0.05) is 6.42 Å². The minimum absolute atomic E-state index is 0.200. The van der Waals surface area contributed by atoms with E-state index in [4.69, 9.17) is 11.6 Å². The summed E-state index contributed by atoms with van der Waals surface area (Å²) >= 11 is 6.19. The summed E-state index contributed by atoms with van der Waals surface area (Å²) in [5.41, 5.74) is 0.332. The van der Waals surface area contributed by atoms with Crippen molar-refractivity contribution in [1.82, 2.24) is 0 Å². The van der Waals surface area contributed by atoms with Gasteiger partial charge in [0.1, 0.15) is 0 Å². The van der Waals surface area contributed by atoms with E-state index in [1.807, 2.05) is 13.8 Å². The number of rotatable bonds is 5. The number of hydrogen-bond acceptors (Lipinski definition) is 2. The molecule has 1 amide bonds. The Hall–Kier alpha value is -0.810. The number of nitrogens with one attached hydrogen (secondary N) is 1. The van der Waals surface area contributed by atoms with Crippen LogP contribution in [0.5, 0.6) is 0 Å². The molecular weight excluding hydrogens is 280 g/mol. The molecular formula is C12H14ClF2NOS. The van der Waals surface area contributed by atoms with Crippen LogP contribution < -0.4 is 5.32 Å². The predicted octanol–water partition coefficient (Wildman–Crippen LogP) is 4.64. The molecule has 0 unspecified atom stereocenters. The number of hydrogen-bond donors (Lipinski definition) is 1. The van der Waals surface area contributed by atoms with Gasteiger partial charge in [-0.2, -0.15) is 8.78 Å². The van der Waals surface area contributed by atoms with Crippen molar-refractivity contribution in [2.75, 3.05) is 5.32 Å². The Morgan fingerprint density at radius 1 is 1.44 bits per heavy atom. The second-order valence-corrected chi connectivity index (χ2v) is 5.55. The summed E-state index contributed by atoms with van der Waals surface area (Å²) in [5.74, 6) is -2.58. The van der Waals surface area contributed by atoms with Crippen LogP contribution in [-0.4, -0.2) is 11.7 Å². The first kappa shape index (κ1) is 15.2. The smallest absolute Gasteiger partial charge is 0.289 e. The molecule has 1 N–H and O–H groups in total. The van der Waals surface area contributed by atoms with E-state index >= 15 is 0 Å². The lowest BCUT2D eigenvalue weighted by atomic mass is 10.1. The number of amides is 1. The van der Waals surface area contributed by atoms with Crippen molar-refractivity contribution in [2.45, 2.75) is 30.9 Å². The minimum atomic E-state index is -2.58. The maximum Gasteiger partial charge on any atom is 0.289 e. The van der Waals surface area contributed by atoms with Crippen LogP contribution in [0.15, 0.2) is 23.1 Å². The van der Waals surface area contributed by atoms with Gasteiger partial charge in [0.2, 0.25) is 5.91 Å². The SMILES string of the molecule is CC(C)CC(=O)Nc1cccc(Cl)c1SC(F)F. The summed E-state index contributed by atoms with van der Waals surface area (Å²) in [6.45, 7) is 3.82. The number of halogens is 3. The van der Waals surface area contributed by atoms with E-state index in [1.165, 1.54) is 6.07 Å². The molecule has 0 heterocycles. The molecule has 0 aliphatic heterocycles. The summed E-state index contributed by atoms with van der Waals surface area (Å²) in [6, 6.07) is 4.70. The third-order valence-corrected chi connectivity index (χ3v) is 3.32. The van der Waals surface area contributed by atoms with Gasteiger partial charge in [-0.25, -0.2) is 0 Å². The van der Waals surface area contributed by atoms with Crippen LogP contribution in [-0.2, 0) is 4.79 Å². The molecule has 6 heteroatoms. The highest BCUT2D eigenvalue weighted by Crippen LogP contribution is 2.37. The zero-order chi connectivity index (χ0) is 13.7. The number of alkyl halides is 2. The molecule has 0 aliphatic carbocycles. The first-order valence-corrected chi connectivity index (χ1v) is 6.69. The normalized spacial score (nSPS) is 11.1. The van der Waals surface area contributed by atoms with Crippen LogP contribution in [0, 0.1) is 5.92 Å². The fourth-order valence-electron chi connectivity index (χ4n) is 1.39. The molecule has 1 aromatic rings. The Bertz CT molecular complexity index is 427. The zero-order valence-corrected chi connectivity index (χ0v) is 11.6. The molecule has 18 heavy (non-hydrogen) atoms. The lowest BCUT2D eigenvalue weighted by molar-refractivity contribution is -0.116. The monoisotopic (exact) mass is 293 g/mol. The van der Waals surface area contributed by atoms with Crippen molar-refractivity contribution in [2.24, 2.45) is 5.92 Å². The lowest BCUT2D eigenvalue weighted by Crippen LogP contribution is -2.14. The van der Waals surface area contributed by atoms with E-state index in [-0.39, 0.29) is 21.7 Å².